The van der Waals surface area contributed by atoms with E-state index in [9.17, 15) is 45.8 Å². The van der Waals surface area contributed by atoms with Gasteiger partial charge >= 0.3 is 17.9 Å². The predicted molar refractivity (Wildman–Crippen MR) is 214 cm³/mol. The van der Waals surface area contributed by atoms with Crippen molar-refractivity contribution < 1.29 is 40.2 Å². The summed E-state index contributed by atoms with van der Waals surface area (Å²) in [7, 11) is 0.128. The molecule has 2 amide bonds. The molecule has 1 saturated heterocycles. The summed E-state index contributed by atoms with van der Waals surface area (Å²) in [5.74, 6) is -0.132. The minimum atomic E-state index is -4.65. The Balaban J connectivity index is 0.000000529. The Hall–Kier alpha value is -6.03. The highest BCUT2D eigenvalue weighted by Crippen LogP contribution is 2.32. The van der Waals surface area contributed by atoms with Crippen LogP contribution >= 0.6 is 0 Å². The van der Waals surface area contributed by atoms with Gasteiger partial charge in [-0.15, -0.1) is 0 Å². The summed E-state index contributed by atoms with van der Waals surface area (Å²) in [6.45, 7) is 3.58. The standard InChI is InChI=1S/C36H39F3N8O3.C6H6O3S/c1-23-32(31-15-18-41-46(31)29-13-7-24(22-40)8-14-29)45(35(50)44(23)30-6-4-5-26(21-30)36(37,38)39)34(49)43-27-11-9-25(10-12-27)33(48)42-28-16-19-47(2,3)20-17-28;7-10(8,9)6-4-2-1-3-5-6/h4-8,13-15,18,21,25,27-28H,9-12,16-17,19-20H2,1-3H3,(H-,42,43,48,49);1-5H,(H,7,8,9). The first kappa shape index (κ1) is 43.5. The van der Waals surface area contributed by atoms with Crippen molar-refractivity contribution >= 4 is 22.1 Å². The number of imidazole rings is 1. The number of carbonyl (C=O) groups excluding carboxylic acids is 2. The van der Waals surface area contributed by atoms with Gasteiger partial charge in [-0.2, -0.15) is 23.5 Å². The molecular weight excluding hydrogens is 802 g/mol. The van der Waals surface area contributed by atoms with Gasteiger partial charge in [-0.3, -0.25) is 9.36 Å². The van der Waals surface area contributed by atoms with E-state index in [1.165, 1.54) is 47.3 Å². The molecule has 0 spiro atoms. The number of rotatable bonds is 7. The second kappa shape index (κ2) is 17.7. The molecule has 3 aromatic carbocycles. The number of nitriles is 1. The van der Waals surface area contributed by atoms with E-state index < -0.39 is 33.6 Å². The summed E-state index contributed by atoms with van der Waals surface area (Å²) in [4.78, 5) is 41.1. The number of alkyl halides is 3. The van der Waals surface area contributed by atoms with Gasteiger partial charge in [0.25, 0.3) is 0 Å². The molecule has 0 bridgehead atoms. The maximum Gasteiger partial charge on any atom is 0.416 e. The van der Waals surface area contributed by atoms with Crippen molar-refractivity contribution in [1.82, 2.24) is 29.5 Å². The van der Waals surface area contributed by atoms with Crippen molar-refractivity contribution in [1.29, 1.82) is 5.26 Å². The average Bonchev–Trinajstić information content (AvgIpc) is 3.80. The van der Waals surface area contributed by atoms with Crippen LogP contribution in [0.5, 0.6) is 0 Å². The lowest BCUT2D eigenvalue weighted by Gasteiger charge is -2.38. The summed E-state index contributed by atoms with van der Waals surface area (Å²) in [5.41, 5.74) is -0.141. The van der Waals surface area contributed by atoms with Crippen molar-refractivity contribution in [3.8, 4) is 28.8 Å². The third-order valence-corrected chi connectivity index (χ3v) is 11.9. The summed E-state index contributed by atoms with van der Waals surface area (Å²) in [5, 5.41) is 19.8. The van der Waals surface area contributed by atoms with Crippen LogP contribution in [-0.4, -0.2) is 87.6 Å². The Bertz CT molecular complexity index is 2540. The lowest BCUT2D eigenvalue weighted by Crippen LogP contribution is -2.52. The van der Waals surface area contributed by atoms with Crippen LogP contribution in [-0.2, 0) is 21.1 Å². The number of nitrogens with zero attached hydrogens (tertiary/aromatic N) is 6. The van der Waals surface area contributed by atoms with Gasteiger partial charge in [0.05, 0.1) is 78.2 Å². The van der Waals surface area contributed by atoms with Gasteiger partial charge in [0.2, 0.25) is 5.91 Å². The molecule has 0 unspecified atom stereocenters. The zero-order chi connectivity index (χ0) is 43.4. The second-order valence-electron chi connectivity index (χ2n) is 15.7. The Morgan fingerprint density at radius 2 is 1.50 bits per heavy atom. The van der Waals surface area contributed by atoms with Crippen molar-refractivity contribution in [2.75, 3.05) is 27.2 Å². The largest absolute Gasteiger partial charge is 0.744 e. The van der Waals surface area contributed by atoms with E-state index in [-0.39, 0.29) is 45.9 Å². The number of hydrogen-bond acceptors (Lipinski definition) is 8. The van der Waals surface area contributed by atoms with Crippen LogP contribution in [0.25, 0.3) is 22.8 Å². The molecule has 1 aliphatic carbocycles. The summed E-state index contributed by atoms with van der Waals surface area (Å²) < 4.78 is 76.4. The van der Waals surface area contributed by atoms with Crippen LogP contribution in [0.4, 0.5) is 18.0 Å². The van der Waals surface area contributed by atoms with E-state index in [4.69, 9.17) is 0 Å². The molecule has 1 aliphatic heterocycles. The van der Waals surface area contributed by atoms with Crippen LogP contribution in [0.2, 0.25) is 0 Å². The molecule has 2 fully saturated rings. The molecule has 60 heavy (non-hydrogen) atoms. The van der Waals surface area contributed by atoms with E-state index in [2.05, 4.69) is 35.9 Å². The van der Waals surface area contributed by atoms with Gasteiger partial charge < -0.3 is 19.7 Å². The van der Waals surface area contributed by atoms with Gasteiger partial charge in [-0.05, 0) is 93.3 Å². The van der Waals surface area contributed by atoms with Crippen LogP contribution in [0.3, 0.4) is 0 Å². The Morgan fingerprint density at radius 3 is 2.08 bits per heavy atom. The van der Waals surface area contributed by atoms with Gasteiger partial charge in [0.1, 0.15) is 15.8 Å². The first-order chi connectivity index (χ1) is 28.4. The van der Waals surface area contributed by atoms with E-state index in [1.54, 1.807) is 43.3 Å². The molecule has 316 valence electrons. The molecule has 18 heteroatoms. The fraction of sp³-hybridized carbons (Fsp3) is 0.357. The molecule has 3 heterocycles. The topological polar surface area (TPSA) is 184 Å². The minimum Gasteiger partial charge on any atom is -0.744 e. The van der Waals surface area contributed by atoms with E-state index in [0.29, 0.717) is 42.6 Å². The summed E-state index contributed by atoms with van der Waals surface area (Å²) in [6, 6.07) is 20.9. The van der Waals surface area contributed by atoms with Crippen molar-refractivity contribution in [2.45, 2.75) is 68.6 Å². The predicted octanol–water partition coefficient (Wildman–Crippen LogP) is 5.75. The quantitative estimate of drug-likeness (QED) is 0.153. The number of nitrogens with one attached hydrogen (secondary N) is 2. The molecule has 0 atom stereocenters. The van der Waals surface area contributed by atoms with Gasteiger partial charge in [0.15, 0.2) is 0 Å². The molecule has 5 aromatic rings. The van der Waals surface area contributed by atoms with Gasteiger partial charge in [-0.1, -0.05) is 24.3 Å². The van der Waals surface area contributed by atoms with Gasteiger partial charge in [-0.25, -0.2) is 27.3 Å². The normalized spacial score (nSPS) is 18.1. The smallest absolute Gasteiger partial charge is 0.416 e. The third kappa shape index (κ3) is 10.0. The van der Waals surface area contributed by atoms with Crippen molar-refractivity contribution in [3.05, 3.63) is 118 Å². The number of quaternary nitrogens is 1. The number of halogens is 3. The Morgan fingerprint density at radius 1 is 0.867 bits per heavy atom. The molecule has 2 N–H and O–H groups in total. The molecule has 2 aliphatic rings. The number of likely N-dealkylation sites (tertiary alicyclic amines) is 1. The van der Waals surface area contributed by atoms with Crippen molar-refractivity contribution in [2.24, 2.45) is 5.92 Å². The fourth-order valence-corrected chi connectivity index (χ4v) is 8.13. The molecular formula is C42H45F3N8O6S. The molecule has 14 nitrogen and oxygen atoms in total. The molecule has 0 radical (unpaired) electrons. The third-order valence-electron chi connectivity index (χ3n) is 11.0. The van der Waals surface area contributed by atoms with Crippen LogP contribution < -0.4 is 16.3 Å². The van der Waals surface area contributed by atoms with Crippen LogP contribution in [0.1, 0.15) is 55.3 Å². The SMILES string of the molecule is Cc1c(-c2ccnn2-c2ccc(C#N)cc2)n(C(=O)NC2CCC(C(=O)NC3CC[N+](C)(C)CC3)CC2)c(=O)n1-c1cccc(C(F)(F)F)c1.O=S(=O)([O-])c1ccccc1. The van der Waals surface area contributed by atoms with Crippen molar-refractivity contribution in [3.63, 3.8) is 0 Å². The summed E-state index contributed by atoms with van der Waals surface area (Å²) in [6.07, 6.45) is 0.909. The number of benzene rings is 3. The molecule has 2 aromatic heterocycles. The monoisotopic (exact) mass is 846 g/mol. The van der Waals surface area contributed by atoms with E-state index in [1.807, 2.05) is 0 Å². The van der Waals surface area contributed by atoms with Crippen LogP contribution in [0, 0.1) is 24.2 Å². The molecule has 7 rings (SSSR count). The lowest BCUT2D eigenvalue weighted by atomic mass is 9.85. The number of hydrogen-bond donors (Lipinski definition) is 2. The zero-order valence-electron chi connectivity index (χ0n) is 33.2. The highest BCUT2D eigenvalue weighted by Gasteiger charge is 2.34. The number of carbonyl (C=O) groups is 2. The Labute approximate surface area is 345 Å². The first-order valence-corrected chi connectivity index (χ1v) is 20.8. The minimum absolute atomic E-state index is 0.0374. The van der Waals surface area contributed by atoms with E-state index in [0.717, 1.165) is 51.7 Å². The molecule has 1 saturated carbocycles. The Kier molecular flexibility index (Phi) is 12.8. The number of amides is 2. The lowest BCUT2D eigenvalue weighted by molar-refractivity contribution is -0.895. The van der Waals surface area contributed by atoms with E-state index >= 15 is 0 Å². The average molecular weight is 847 g/mol. The highest BCUT2D eigenvalue weighted by atomic mass is 32.2. The number of aromatic nitrogens is 4. The first-order valence-electron chi connectivity index (χ1n) is 19.4. The zero-order valence-corrected chi connectivity index (χ0v) is 34.0. The maximum atomic E-state index is 14.1. The maximum absolute atomic E-state index is 14.1. The second-order valence-corrected chi connectivity index (χ2v) is 17.0. The highest BCUT2D eigenvalue weighted by molar-refractivity contribution is 7.85. The van der Waals surface area contributed by atoms with Gasteiger partial charge in [0, 0.05) is 30.8 Å². The number of piperidine rings is 1. The fourth-order valence-electron chi connectivity index (χ4n) is 7.64. The van der Waals surface area contributed by atoms with Crippen LogP contribution in [0.15, 0.2) is 101 Å². The summed E-state index contributed by atoms with van der Waals surface area (Å²) >= 11 is 0.